The number of anilines is 1. The fourth-order valence-electron chi connectivity index (χ4n) is 2.07. The number of halogens is 1. The molecule has 0 aliphatic carbocycles. The minimum absolute atomic E-state index is 0.934. The molecule has 0 bridgehead atoms. The van der Waals surface area contributed by atoms with Crippen LogP contribution in [0.3, 0.4) is 0 Å². The van der Waals surface area contributed by atoms with Gasteiger partial charge >= 0.3 is 0 Å². The van der Waals surface area contributed by atoms with Gasteiger partial charge in [-0.15, -0.1) is 0 Å². The van der Waals surface area contributed by atoms with Gasteiger partial charge in [0.1, 0.15) is 0 Å². The van der Waals surface area contributed by atoms with Crippen LogP contribution in [0.4, 0.5) is 5.69 Å². The molecule has 0 unspecified atom stereocenters. The Kier molecular flexibility index (Phi) is 3.56. The maximum atomic E-state index is 4.73. The monoisotopic (exact) mass is 340 g/mol. The van der Waals surface area contributed by atoms with Crippen LogP contribution in [0.5, 0.6) is 0 Å². The maximum Gasteiger partial charge on any atom is 0.0766 e. The summed E-state index contributed by atoms with van der Waals surface area (Å²) in [5.41, 5.74) is 5.96. The first-order chi connectivity index (χ1) is 8.06. The van der Waals surface area contributed by atoms with E-state index in [1.54, 1.807) is 0 Å². The number of hydrogen-bond donors (Lipinski definition) is 1. The Labute approximate surface area is 116 Å². The molecule has 1 N–H and O–H groups in total. The summed E-state index contributed by atoms with van der Waals surface area (Å²) in [5.74, 6) is 0. The maximum absolute atomic E-state index is 4.73. The van der Waals surface area contributed by atoms with Crippen LogP contribution in [0, 0.1) is 24.3 Å². The van der Waals surface area contributed by atoms with E-state index in [0.717, 1.165) is 17.8 Å². The van der Waals surface area contributed by atoms with Crippen molar-refractivity contribution in [1.29, 1.82) is 0 Å². The van der Waals surface area contributed by atoms with Crippen LogP contribution in [0.2, 0.25) is 0 Å². The molecule has 0 amide bonds. The van der Waals surface area contributed by atoms with E-state index in [2.05, 4.69) is 67.7 Å². The van der Waals surface area contributed by atoms with Crippen molar-refractivity contribution in [2.75, 3.05) is 11.9 Å². The molecule has 1 aromatic carbocycles. The molecule has 2 aromatic rings. The number of aryl methyl sites for hydroxylation is 2. The minimum Gasteiger partial charge on any atom is -0.384 e. The van der Waals surface area contributed by atoms with E-state index < -0.39 is 0 Å². The van der Waals surface area contributed by atoms with Gasteiger partial charge in [0.25, 0.3) is 0 Å². The topological polar surface area (TPSA) is 24.9 Å². The highest BCUT2D eigenvalue weighted by molar-refractivity contribution is 14.1. The van der Waals surface area contributed by atoms with Gasteiger partial charge in [-0.25, -0.2) is 0 Å². The molecular formula is C14H17IN2. The fourth-order valence-corrected chi connectivity index (χ4v) is 2.78. The van der Waals surface area contributed by atoms with Crippen molar-refractivity contribution in [3.63, 3.8) is 0 Å². The number of hydrogen-bond acceptors (Lipinski definition) is 2. The number of nitrogens with zero attached hydrogens (tertiary/aromatic N) is 1. The summed E-state index contributed by atoms with van der Waals surface area (Å²) in [6.45, 7) is 9.40. The molecule has 0 aliphatic heterocycles. The summed E-state index contributed by atoms with van der Waals surface area (Å²) in [4.78, 5) is 4.73. The van der Waals surface area contributed by atoms with Gasteiger partial charge in [0, 0.05) is 26.9 Å². The molecule has 2 rings (SSSR count). The van der Waals surface area contributed by atoms with Crippen molar-refractivity contribution in [2.45, 2.75) is 27.7 Å². The minimum atomic E-state index is 0.934. The third kappa shape index (κ3) is 2.12. The smallest absolute Gasteiger partial charge is 0.0766 e. The van der Waals surface area contributed by atoms with Crippen LogP contribution in [-0.4, -0.2) is 11.5 Å². The Morgan fingerprint density at radius 1 is 1.24 bits per heavy atom. The molecule has 0 aliphatic rings. The third-order valence-electron chi connectivity index (χ3n) is 3.13. The van der Waals surface area contributed by atoms with Crippen LogP contribution in [0.15, 0.2) is 12.1 Å². The zero-order valence-electron chi connectivity index (χ0n) is 10.7. The van der Waals surface area contributed by atoms with Crippen LogP contribution in [0.1, 0.15) is 23.7 Å². The molecule has 2 nitrogen and oxygen atoms in total. The van der Waals surface area contributed by atoms with E-state index in [0.29, 0.717) is 0 Å². The highest BCUT2D eigenvalue weighted by Crippen LogP contribution is 2.33. The van der Waals surface area contributed by atoms with Crippen molar-refractivity contribution in [1.82, 2.24) is 4.98 Å². The predicted molar refractivity (Wildman–Crippen MR) is 82.8 cm³/mol. The van der Waals surface area contributed by atoms with Gasteiger partial charge in [0.15, 0.2) is 0 Å². The lowest BCUT2D eigenvalue weighted by atomic mass is 10.0. The Morgan fingerprint density at radius 2 is 1.94 bits per heavy atom. The van der Waals surface area contributed by atoms with Gasteiger partial charge in [-0.3, -0.25) is 4.98 Å². The van der Waals surface area contributed by atoms with Crippen LogP contribution in [-0.2, 0) is 0 Å². The van der Waals surface area contributed by atoms with E-state index in [4.69, 9.17) is 4.98 Å². The van der Waals surface area contributed by atoms with E-state index >= 15 is 0 Å². The first-order valence-corrected chi connectivity index (χ1v) is 6.94. The SMILES string of the molecule is CCNc1c(C)c(C)nc2c(C)ccc(I)c12. The average Bonchev–Trinajstić information content (AvgIpc) is 2.30. The molecule has 0 fully saturated rings. The number of fused-ring (bicyclic) bond motifs is 1. The Hall–Kier alpha value is -0.840. The first-order valence-electron chi connectivity index (χ1n) is 5.86. The number of pyridine rings is 1. The van der Waals surface area contributed by atoms with Crippen molar-refractivity contribution in [3.8, 4) is 0 Å². The second-order valence-electron chi connectivity index (χ2n) is 4.32. The van der Waals surface area contributed by atoms with Gasteiger partial charge in [-0.05, 0) is 67.5 Å². The standard InChI is InChI=1S/C14H17IN2/c1-5-16-14-9(3)10(4)17-13-8(2)6-7-11(15)12(13)14/h6-7H,5H2,1-4H3,(H,16,17). The van der Waals surface area contributed by atoms with Crippen molar-refractivity contribution >= 4 is 39.2 Å². The van der Waals surface area contributed by atoms with Gasteiger partial charge in [-0.2, -0.15) is 0 Å². The van der Waals surface area contributed by atoms with Gasteiger partial charge in [-0.1, -0.05) is 6.07 Å². The highest BCUT2D eigenvalue weighted by Gasteiger charge is 2.12. The lowest BCUT2D eigenvalue weighted by molar-refractivity contribution is 1.15. The summed E-state index contributed by atoms with van der Waals surface area (Å²) >= 11 is 2.39. The Morgan fingerprint density at radius 3 is 2.59 bits per heavy atom. The molecule has 0 radical (unpaired) electrons. The predicted octanol–water partition coefficient (Wildman–Crippen LogP) is 4.20. The van der Waals surface area contributed by atoms with Crippen LogP contribution < -0.4 is 5.32 Å². The van der Waals surface area contributed by atoms with Crippen molar-refractivity contribution < 1.29 is 0 Å². The third-order valence-corrected chi connectivity index (χ3v) is 4.03. The number of benzene rings is 1. The van der Waals surface area contributed by atoms with Crippen LogP contribution in [0.25, 0.3) is 10.9 Å². The van der Waals surface area contributed by atoms with E-state index in [-0.39, 0.29) is 0 Å². The van der Waals surface area contributed by atoms with Crippen LogP contribution >= 0.6 is 22.6 Å². The Bertz CT molecular complexity index is 576. The summed E-state index contributed by atoms with van der Waals surface area (Å²) in [5, 5.41) is 4.74. The van der Waals surface area contributed by atoms with E-state index in [1.165, 1.54) is 25.8 Å². The second-order valence-corrected chi connectivity index (χ2v) is 5.48. The molecule has 1 aromatic heterocycles. The second kappa shape index (κ2) is 4.80. The number of rotatable bonds is 2. The van der Waals surface area contributed by atoms with Gasteiger partial charge < -0.3 is 5.32 Å². The quantitative estimate of drug-likeness (QED) is 0.829. The molecule has 0 saturated carbocycles. The zero-order chi connectivity index (χ0) is 12.6. The molecule has 1 heterocycles. The molecule has 0 spiro atoms. The summed E-state index contributed by atoms with van der Waals surface area (Å²) in [7, 11) is 0. The largest absolute Gasteiger partial charge is 0.384 e. The molecular weight excluding hydrogens is 323 g/mol. The summed E-state index contributed by atoms with van der Waals surface area (Å²) in [6, 6.07) is 4.30. The zero-order valence-corrected chi connectivity index (χ0v) is 12.8. The van der Waals surface area contributed by atoms with E-state index in [1.807, 2.05) is 0 Å². The lowest BCUT2D eigenvalue weighted by Gasteiger charge is -2.15. The van der Waals surface area contributed by atoms with Gasteiger partial charge in [0.05, 0.1) is 5.52 Å². The molecule has 3 heteroatoms. The highest BCUT2D eigenvalue weighted by atomic mass is 127. The van der Waals surface area contributed by atoms with Crippen molar-refractivity contribution in [3.05, 3.63) is 32.5 Å². The molecule has 0 atom stereocenters. The normalized spacial score (nSPS) is 10.9. The molecule has 90 valence electrons. The molecule has 0 saturated heterocycles. The first kappa shape index (κ1) is 12.6. The fraction of sp³-hybridized carbons (Fsp3) is 0.357. The van der Waals surface area contributed by atoms with E-state index in [9.17, 15) is 0 Å². The average molecular weight is 340 g/mol. The number of nitrogens with one attached hydrogen (secondary N) is 1. The summed E-state index contributed by atoms with van der Waals surface area (Å²) < 4.78 is 1.26. The molecule has 17 heavy (non-hydrogen) atoms. The summed E-state index contributed by atoms with van der Waals surface area (Å²) in [6.07, 6.45) is 0. The van der Waals surface area contributed by atoms with Crippen molar-refractivity contribution in [2.24, 2.45) is 0 Å². The number of aromatic nitrogens is 1. The lowest BCUT2D eigenvalue weighted by Crippen LogP contribution is -2.04. The van der Waals surface area contributed by atoms with Gasteiger partial charge in [0.2, 0.25) is 0 Å². The Balaban J connectivity index is 2.92.